The second-order valence-corrected chi connectivity index (χ2v) is 9.77. The van der Waals surface area contributed by atoms with Crippen LogP contribution in [0.3, 0.4) is 0 Å². The van der Waals surface area contributed by atoms with Gasteiger partial charge in [0.05, 0.1) is 4.92 Å². The Morgan fingerprint density at radius 1 is 1.12 bits per heavy atom. The number of thiophene rings is 1. The van der Waals surface area contributed by atoms with Gasteiger partial charge in [0.15, 0.2) is 0 Å². The molecule has 0 spiro atoms. The zero-order chi connectivity index (χ0) is 23.2. The van der Waals surface area contributed by atoms with E-state index in [2.05, 4.69) is 10.2 Å². The molecule has 2 heterocycles. The van der Waals surface area contributed by atoms with Crippen molar-refractivity contribution in [1.29, 1.82) is 0 Å². The van der Waals surface area contributed by atoms with Gasteiger partial charge in [0.1, 0.15) is 0 Å². The molecule has 2 aromatic carbocycles. The molecule has 1 saturated heterocycles. The Bertz CT molecular complexity index is 1090. The Balaban J connectivity index is 1.40. The van der Waals surface area contributed by atoms with Crippen LogP contribution in [0.4, 0.5) is 15.5 Å². The molecule has 4 rings (SSSR count). The molecule has 1 fully saturated rings. The average molecular weight is 485 g/mol. The summed E-state index contributed by atoms with van der Waals surface area (Å²) in [7, 11) is 0. The van der Waals surface area contributed by atoms with Gasteiger partial charge in [-0.15, -0.1) is 0 Å². The largest absolute Gasteiger partial charge is 0.324 e. The smallest absolute Gasteiger partial charge is 0.324 e. The van der Waals surface area contributed by atoms with Crippen molar-refractivity contribution in [3.63, 3.8) is 0 Å². The average Bonchev–Trinajstić information content (AvgIpc) is 3.46. The van der Waals surface area contributed by atoms with Crippen molar-refractivity contribution in [2.45, 2.75) is 19.5 Å². The first-order valence-electron chi connectivity index (χ1n) is 10.8. The van der Waals surface area contributed by atoms with Gasteiger partial charge < -0.3 is 10.2 Å². The number of urea groups is 1. The summed E-state index contributed by atoms with van der Waals surface area (Å²) in [6, 6.07) is 20.5. The summed E-state index contributed by atoms with van der Waals surface area (Å²) in [6.45, 7) is 3.51. The van der Waals surface area contributed by atoms with Crippen LogP contribution in [0.15, 0.2) is 66.7 Å². The maximum Gasteiger partial charge on any atom is 0.324 e. The minimum absolute atomic E-state index is 0.0816. The second-order valence-electron chi connectivity index (χ2n) is 8.19. The van der Waals surface area contributed by atoms with Gasteiger partial charge in [-0.2, -0.15) is 0 Å². The van der Waals surface area contributed by atoms with Crippen LogP contribution in [-0.4, -0.2) is 40.4 Å². The Morgan fingerprint density at radius 2 is 1.88 bits per heavy atom. The number of halogens is 1. The zero-order valence-corrected chi connectivity index (χ0v) is 19.6. The predicted molar refractivity (Wildman–Crippen MR) is 132 cm³/mol. The molecule has 172 valence electrons. The molecule has 1 aliphatic rings. The highest BCUT2D eigenvalue weighted by Crippen LogP contribution is 2.27. The lowest BCUT2D eigenvalue weighted by molar-refractivity contribution is -0.380. The molecule has 1 atom stereocenters. The summed E-state index contributed by atoms with van der Waals surface area (Å²) in [4.78, 5) is 28.5. The third-order valence-corrected chi connectivity index (χ3v) is 6.91. The van der Waals surface area contributed by atoms with E-state index in [1.165, 1.54) is 11.3 Å². The number of carbonyl (C=O) groups excluding carboxylic acids is 1. The van der Waals surface area contributed by atoms with Gasteiger partial charge in [-0.05, 0) is 48.2 Å². The maximum absolute atomic E-state index is 12.7. The van der Waals surface area contributed by atoms with E-state index in [9.17, 15) is 14.9 Å². The van der Waals surface area contributed by atoms with Gasteiger partial charge in [0.25, 0.3) is 0 Å². The van der Waals surface area contributed by atoms with Gasteiger partial charge in [-0.1, -0.05) is 53.3 Å². The van der Waals surface area contributed by atoms with Crippen LogP contribution in [-0.2, 0) is 13.1 Å². The van der Waals surface area contributed by atoms with E-state index >= 15 is 0 Å². The molecule has 0 aliphatic carbocycles. The molecule has 1 aliphatic heterocycles. The van der Waals surface area contributed by atoms with Crippen LogP contribution in [0.1, 0.15) is 16.9 Å². The first-order valence-corrected chi connectivity index (χ1v) is 12.0. The number of nitrogens with zero attached hydrogens (tertiary/aromatic N) is 3. The van der Waals surface area contributed by atoms with Gasteiger partial charge in [-0.3, -0.25) is 15.0 Å². The molecule has 2 amide bonds. The summed E-state index contributed by atoms with van der Waals surface area (Å²) in [5.74, 6) is 0.328. The van der Waals surface area contributed by atoms with Crippen molar-refractivity contribution in [3.8, 4) is 0 Å². The number of amides is 2. The lowest BCUT2D eigenvalue weighted by Gasteiger charge is -2.25. The molecule has 0 radical (unpaired) electrons. The van der Waals surface area contributed by atoms with E-state index in [0.717, 1.165) is 29.1 Å². The molecular weight excluding hydrogens is 460 g/mol. The highest BCUT2D eigenvalue weighted by molar-refractivity contribution is 7.15. The van der Waals surface area contributed by atoms with Crippen molar-refractivity contribution in [2.75, 3.05) is 25.0 Å². The molecule has 1 unspecified atom stereocenters. The van der Waals surface area contributed by atoms with Crippen LogP contribution >= 0.6 is 22.9 Å². The summed E-state index contributed by atoms with van der Waals surface area (Å²) < 4.78 is 0. The van der Waals surface area contributed by atoms with Crippen LogP contribution in [0.25, 0.3) is 0 Å². The molecule has 33 heavy (non-hydrogen) atoms. The Morgan fingerprint density at radius 3 is 2.58 bits per heavy atom. The number of nitro groups is 1. The minimum atomic E-state index is -0.349. The van der Waals surface area contributed by atoms with Crippen molar-refractivity contribution in [3.05, 3.63) is 92.3 Å². The van der Waals surface area contributed by atoms with Crippen molar-refractivity contribution in [2.24, 2.45) is 5.92 Å². The number of nitrogens with one attached hydrogen (secondary N) is 1. The number of para-hydroxylation sites is 1. The number of anilines is 1. The lowest BCUT2D eigenvalue weighted by atomic mass is 10.1. The van der Waals surface area contributed by atoms with Gasteiger partial charge in [-0.25, -0.2) is 4.79 Å². The normalized spacial score (nSPS) is 15.7. The SMILES string of the molecule is O=C(Nc1ccccc1)N1CCC(CN(Cc2ccc(Cl)cc2)Cc2ccc([N+](=O)[O-])s2)C1. The first kappa shape index (κ1) is 23.2. The number of rotatable bonds is 8. The molecule has 1 aromatic heterocycles. The molecule has 3 aromatic rings. The van der Waals surface area contributed by atoms with Crippen molar-refractivity contribution < 1.29 is 9.72 Å². The van der Waals surface area contributed by atoms with E-state index in [4.69, 9.17) is 11.6 Å². The van der Waals surface area contributed by atoms with E-state index in [0.29, 0.717) is 37.1 Å². The number of hydrogen-bond donors (Lipinski definition) is 1. The molecule has 0 saturated carbocycles. The van der Waals surface area contributed by atoms with E-state index in [1.807, 2.05) is 65.6 Å². The third-order valence-electron chi connectivity index (χ3n) is 5.64. The summed E-state index contributed by atoms with van der Waals surface area (Å²) in [5.41, 5.74) is 1.91. The number of carbonyl (C=O) groups is 1. The fraction of sp³-hybridized carbons (Fsp3) is 0.292. The zero-order valence-electron chi connectivity index (χ0n) is 18.0. The second kappa shape index (κ2) is 10.8. The van der Waals surface area contributed by atoms with Gasteiger partial charge >= 0.3 is 11.0 Å². The number of likely N-dealkylation sites (tertiary alicyclic amines) is 1. The highest BCUT2D eigenvalue weighted by atomic mass is 35.5. The Labute approximate surface area is 201 Å². The molecule has 0 bridgehead atoms. The Hall–Kier alpha value is -2.94. The first-order chi connectivity index (χ1) is 16.0. The fourth-order valence-corrected chi connectivity index (χ4v) is 5.05. The summed E-state index contributed by atoms with van der Waals surface area (Å²) in [5, 5.41) is 14.9. The lowest BCUT2D eigenvalue weighted by Crippen LogP contribution is -2.35. The monoisotopic (exact) mass is 484 g/mol. The highest BCUT2D eigenvalue weighted by Gasteiger charge is 2.28. The van der Waals surface area contributed by atoms with Crippen LogP contribution in [0, 0.1) is 16.0 Å². The predicted octanol–water partition coefficient (Wildman–Crippen LogP) is 5.87. The Kier molecular flexibility index (Phi) is 7.59. The minimum Gasteiger partial charge on any atom is -0.324 e. The molecule has 1 N–H and O–H groups in total. The fourth-order valence-electron chi connectivity index (χ4n) is 4.06. The maximum atomic E-state index is 12.7. The van der Waals surface area contributed by atoms with Crippen LogP contribution in [0.2, 0.25) is 5.02 Å². The third kappa shape index (κ3) is 6.54. The standard InChI is InChI=1S/C24H25ClN4O3S/c25-20-8-6-18(7-9-20)14-27(17-22-10-11-23(33-22)29(31)32)15-19-12-13-28(16-19)24(30)26-21-4-2-1-3-5-21/h1-11,19H,12-17H2,(H,26,30). The van der Waals surface area contributed by atoms with Crippen LogP contribution in [0.5, 0.6) is 0 Å². The van der Waals surface area contributed by atoms with E-state index in [1.54, 1.807) is 6.07 Å². The number of hydrogen-bond acceptors (Lipinski definition) is 5. The van der Waals surface area contributed by atoms with Crippen LogP contribution < -0.4 is 5.32 Å². The number of benzene rings is 2. The topological polar surface area (TPSA) is 78.7 Å². The van der Waals surface area contributed by atoms with E-state index < -0.39 is 0 Å². The summed E-state index contributed by atoms with van der Waals surface area (Å²) in [6.07, 6.45) is 0.921. The molecule has 9 heteroatoms. The van der Waals surface area contributed by atoms with Crippen molar-refractivity contribution >= 4 is 39.7 Å². The van der Waals surface area contributed by atoms with Gasteiger partial charge in [0.2, 0.25) is 0 Å². The van der Waals surface area contributed by atoms with E-state index in [-0.39, 0.29) is 16.0 Å². The summed E-state index contributed by atoms with van der Waals surface area (Å²) >= 11 is 7.24. The van der Waals surface area contributed by atoms with Crippen molar-refractivity contribution in [1.82, 2.24) is 9.80 Å². The quantitative estimate of drug-likeness (QED) is 0.320. The molecule has 7 nitrogen and oxygen atoms in total. The molecular formula is C24H25ClN4O3S. The van der Waals surface area contributed by atoms with Gasteiger partial charge in [0, 0.05) is 54.4 Å².